The van der Waals surface area contributed by atoms with E-state index in [1.54, 1.807) is 11.8 Å². The zero-order valence-electron chi connectivity index (χ0n) is 15.8. The van der Waals surface area contributed by atoms with E-state index in [1.165, 1.54) is 4.90 Å². The first-order chi connectivity index (χ1) is 13.7. The monoisotopic (exact) mass is 398 g/mol. The minimum absolute atomic E-state index is 0.0582. The Kier molecular flexibility index (Phi) is 7.79. The van der Waals surface area contributed by atoms with E-state index < -0.39 is 6.09 Å². The molecule has 2 N–H and O–H groups in total. The molecule has 6 heteroatoms. The van der Waals surface area contributed by atoms with Gasteiger partial charge in [0.05, 0.1) is 0 Å². The molecule has 0 radical (unpaired) electrons. The molecule has 1 saturated carbocycles. The number of hydrogen-bond donors (Lipinski definition) is 2. The number of para-hydroxylation sites is 1. The van der Waals surface area contributed by atoms with Crippen LogP contribution in [0.1, 0.15) is 32.1 Å². The van der Waals surface area contributed by atoms with Gasteiger partial charge in [-0.1, -0.05) is 36.4 Å². The molecule has 1 aliphatic rings. The predicted molar refractivity (Wildman–Crippen MR) is 113 cm³/mol. The Morgan fingerprint density at radius 3 is 2.46 bits per heavy atom. The summed E-state index contributed by atoms with van der Waals surface area (Å²) in [6, 6.07) is 19.4. The number of rotatable bonds is 7. The Hall–Kier alpha value is -2.47. The molecule has 2 unspecified atom stereocenters. The van der Waals surface area contributed by atoms with Crippen molar-refractivity contribution >= 4 is 29.4 Å². The maximum Gasteiger partial charge on any atom is 0.411 e. The summed E-state index contributed by atoms with van der Waals surface area (Å²) in [6.07, 6.45) is 3.24. The molecule has 3 rings (SSSR count). The van der Waals surface area contributed by atoms with E-state index in [-0.39, 0.29) is 18.1 Å². The molecule has 0 spiro atoms. The van der Waals surface area contributed by atoms with Crippen LogP contribution < -0.4 is 10.6 Å². The summed E-state index contributed by atoms with van der Waals surface area (Å²) < 4.78 is 5.54. The molecule has 1 fully saturated rings. The van der Waals surface area contributed by atoms with Gasteiger partial charge in [-0.2, -0.15) is 0 Å². The molecule has 0 saturated heterocycles. The Balaban J connectivity index is 1.37. The van der Waals surface area contributed by atoms with Gasteiger partial charge in [-0.05, 0) is 43.5 Å². The number of benzene rings is 2. The third-order valence-corrected chi connectivity index (χ3v) is 5.64. The van der Waals surface area contributed by atoms with Gasteiger partial charge in [0.25, 0.3) is 0 Å². The average Bonchev–Trinajstić information content (AvgIpc) is 2.70. The van der Waals surface area contributed by atoms with Gasteiger partial charge in [-0.15, -0.1) is 11.8 Å². The lowest BCUT2D eigenvalue weighted by Crippen LogP contribution is -2.41. The van der Waals surface area contributed by atoms with Gasteiger partial charge in [-0.25, -0.2) is 4.79 Å². The average molecular weight is 399 g/mol. The fourth-order valence-electron chi connectivity index (χ4n) is 3.28. The highest BCUT2D eigenvalue weighted by atomic mass is 32.2. The molecule has 0 aliphatic heterocycles. The highest BCUT2D eigenvalue weighted by molar-refractivity contribution is 7.99. The van der Waals surface area contributed by atoms with Crippen LogP contribution in [0.15, 0.2) is 65.6 Å². The van der Waals surface area contributed by atoms with E-state index in [2.05, 4.69) is 10.6 Å². The highest BCUT2D eigenvalue weighted by Crippen LogP contribution is 2.22. The molecule has 28 heavy (non-hydrogen) atoms. The number of thioether (sulfide) groups is 1. The van der Waals surface area contributed by atoms with Crippen LogP contribution in [0.2, 0.25) is 0 Å². The minimum Gasteiger partial charge on any atom is -0.446 e. The minimum atomic E-state index is -0.442. The van der Waals surface area contributed by atoms with E-state index >= 15 is 0 Å². The number of nitrogens with one attached hydrogen (secondary N) is 2. The van der Waals surface area contributed by atoms with E-state index in [1.807, 2.05) is 60.7 Å². The van der Waals surface area contributed by atoms with Crippen LogP contribution in [-0.4, -0.2) is 29.9 Å². The second-order valence-corrected chi connectivity index (χ2v) is 8.03. The topological polar surface area (TPSA) is 67.4 Å². The lowest BCUT2D eigenvalue weighted by molar-refractivity contribution is -0.121. The fraction of sp³-hybridized carbons (Fsp3) is 0.364. The van der Waals surface area contributed by atoms with Gasteiger partial charge in [0.15, 0.2) is 0 Å². The normalized spacial score (nSPS) is 18.9. The van der Waals surface area contributed by atoms with Crippen molar-refractivity contribution in [3.63, 3.8) is 0 Å². The van der Waals surface area contributed by atoms with E-state index in [4.69, 9.17) is 4.74 Å². The van der Waals surface area contributed by atoms with Crippen LogP contribution in [0.3, 0.4) is 0 Å². The van der Waals surface area contributed by atoms with Gasteiger partial charge < -0.3 is 10.1 Å². The fourth-order valence-corrected chi connectivity index (χ4v) is 4.15. The summed E-state index contributed by atoms with van der Waals surface area (Å²) in [4.78, 5) is 25.5. The molecule has 148 valence electrons. The van der Waals surface area contributed by atoms with Crippen molar-refractivity contribution in [2.45, 2.75) is 49.1 Å². The van der Waals surface area contributed by atoms with Crippen LogP contribution in [0, 0.1) is 0 Å². The molecule has 0 heterocycles. The standard InChI is InChI=1S/C22H26N2O3S/c25-21(14-15-28-20-12-5-2-6-13-20)23-18-10-7-11-19(16-18)27-22(26)24-17-8-3-1-4-9-17/h1-6,8-9,12-13,18-19H,7,10-11,14-16H2,(H,23,25)(H,24,26). The molecule has 2 aromatic rings. The van der Waals surface area contributed by atoms with E-state index in [0.717, 1.165) is 25.0 Å². The van der Waals surface area contributed by atoms with E-state index in [9.17, 15) is 9.59 Å². The number of amides is 2. The first-order valence-electron chi connectivity index (χ1n) is 9.69. The summed E-state index contributed by atoms with van der Waals surface area (Å²) in [5, 5.41) is 5.83. The van der Waals surface area contributed by atoms with Gasteiger partial charge in [0.1, 0.15) is 6.10 Å². The maximum absolute atomic E-state index is 12.2. The first-order valence-corrected chi connectivity index (χ1v) is 10.7. The molecule has 2 aromatic carbocycles. The number of anilines is 1. The number of ether oxygens (including phenoxy) is 1. The smallest absolute Gasteiger partial charge is 0.411 e. The van der Waals surface area contributed by atoms with Crippen molar-refractivity contribution in [2.24, 2.45) is 0 Å². The summed E-state index contributed by atoms with van der Waals surface area (Å²) in [5.74, 6) is 0.810. The zero-order valence-corrected chi connectivity index (χ0v) is 16.6. The molecular weight excluding hydrogens is 372 g/mol. The van der Waals surface area contributed by atoms with Gasteiger partial charge in [-0.3, -0.25) is 10.1 Å². The van der Waals surface area contributed by atoms with Crippen LogP contribution in [-0.2, 0) is 9.53 Å². The number of carbonyl (C=O) groups excluding carboxylic acids is 2. The molecule has 0 aromatic heterocycles. The first kappa shape index (κ1) is 20.3. The summed E-state index contributed by atoms with van der Waals surface area (Å²) in [5.41, 5.74) is 0.712. The number of hydrogen-bond acceptors (Lipinski definition) is 4. The lowest BCUT2D eigenvalue weighted by atomic mass is 9.93. The molecule has 2 amide bonds. The van der Waals surface area contributed by atoms with Crippen molar-refractivity contribution in [1.82, 2.24) is 5.32 Å². The molecular formula is C22H26N2O3S. The van der Waals surface area contributed by atoms with E-state index in [0.29, 0.717) is 18.5 Å². The number of carbonyl (C=O) groups is 2. The molecule has 0 bridgehead atoms. The summed E-state index contributed by atoms with van der Waals surface area (Å²) in [6.45, 7) is 0. The quantitative estimate of drug-likeness (QED) is 0.655. The SMILES string of the molecule is O=C(CCSc1ccccc1)NC1CCCC(OC(=O)Nc2ccccc2)C1. The molecule has 2 atom stereocenters. The van der Waals surface area contributed by atoms with Gasteiger partial charge in [0.2, 0.25) is 5.91 Å². The van der Waals surface area contributed by atoms with Crippen LogP contribution in [0.25, 0.3) is 0 Å². The van der Waals surface area contributed by atoms with Crippen molar-refractivity contribution in [3.05, 3.63) is 60.7 Å². The summed E-state index contributed by atoms with van der Waals surface area (Å²) in [7, 11) is 0. The highest BCUT2D eigenvalue weighted by Gasteiger charge is 2.26. The van der Waals surface area contributed by atoms with Crippen molar-refractivity contribution < 1.29 is 14.3 Å². The van der Waals surface area contributed by atoms with Crippen molar-refractivity contribution in [3.8, 4) is 0 Å². The van der Waals surface area contributed by atoms with Gasteiger partial charge in [0, 0.05) is 35.2 Å². The Morgan fingerprint density at radius 1 is 1.00 bits per heavy atom. The van der Waals surface area contributed by atoms with Crippen molar-refractivity contribution in [2.75, 3.05) is 11.1 Å². The Bertz CT molecular complexity index is 755. The third-order valence-electron chi connectivity index (χ3n) is 4.63. The Labute approximate surface area is 170 Å². The maximum atomic E-state index is 12.2. The van der Waals surface area contributed by atoms with Crippen molar-refractivity contribution in [1.29, 1.82) is 0 Å². The largest absolute Gasteiger partial charge is 0.446 e. The molecule has 5 nitrogen and oxygen atoms in total. The summed E-state index contributed by atoms with van der Waals surface area (Å²) >= 11 is 1.68. The predicted octanol–water partition coefficient (Wildman–Crippen LogP) is 4.84. The third kappa shape index (κ3) is 6.93. The van der Waals surface area contributed by atoms with Crippen LogP contribution in [0.4, 0.5) is 10.5 Å². The lowest BCUT2D eigenvalue weighted by Gasteiger charge is -2.29. The second kappa shape index (κ2) is 10.8. The Morgan fingerprint density at radius 2 is 1.71 bits per heavy atom. The second-order valence-electron chi connectivity index (χ2n) is 6.86. The zero-order chi connectivity index (χ0) is 19.6. The van der Waals surface area contributed by atoms with Gasteiger partial charge >= 0.3 is 6.09 Å². The van der Waals surface area contributed by atoms with Crippen LogP contribution >= 0.6 is 11.8 Å². The van der Waals surface area contributed by atoms with Crippen LogP contribution in [0.5, 0.6) is 0 Å². The molecule has 1 aliphatic carbocycles.